The van der Waals surface area contributed by atoms with Crippen LogP contribution in [0.15, 0.2) is 73.1 Å². The van der Waals surface area contributed by atoms with E-state index in [0.717, 1.165) is 36.9 Å². The summed E-state index contributed by atoms with van der Waals surface area (Å²) in [4.78, 5) is 22.0. The number of imidazole rings is 1. The molecule has 0 radical (unpaired) electrons. The van der Waals surface area contributed by atoms with E-state index in [2.05, 4.69) is 27.1 Å². The van der Waals surface area contributed by atoms with Gasteiger partial charge in [-0.3, -0.25) is 4.79 Å². The van der Waals surface area contributed by atoms with Gasteiger partial charge in [0.2, 0.25) is 0 Å². The maximum Gasteiger partial charge on any atom is 0.303 e. The number of aryl methyl sites for hydroxylation is 1. The SMILES string of the molecule is NCCCCCC(c1ccccc1)c1cnc(-c2cc(Oc3c(F)cc4[nH]ccc4c3CCC(=O)O)ccc2F)[nH]1. The summed E-state index contributed by atoms with van der Waals surface area (Å²) >= 11 is 0. The Labute approximate surface area is 236 Å². The molecule has 0 saturated heterocycles. The molecule has 0 bridgehead atoms. The van der Waals surface area contributed by atoms with Crippen LogP contribution in [-0.4, -0.2) is 32.6 Å². The van der Waals surface area contributed by atoms with Crippen LogP contribution >= 0.6 is 0 Å². The second kappa shape index (κ2) is 12.8. The van der Waals surface area contributed by atoms with Crippen molar-refractivity contribution >= 4 is 16.9 Å². The summed E-state index contributed by atoms with van der Waals surface area (Å²) in [6.07, 6.45) is 7.12. The topological polar surface area (TPSA) is 117 Å². The molecule has 1 atom stereocenters. The van der Waals surface area contributed by atoms with Crippen molar-refractivity contribution in [3.05, 3.63) is 102 Å². The number of carboxylic acids is 1. The van der Waals surface area contributed by atoms with Gasteiger partial charge >= 0.3 is 5.97 Å². The molecule has 0 aliphatic heterocycles. The quantitative estimate of drug-likeness (QED) is 0.113. The van der Waals surface area contributed by atoms with E-state index in [0.29, 0.717) is 28.8 Å². The maximum atomic E-state index is 15.2. The van der Waals surface area contributed by atoms with Crippen molar-refractivity contribution in [2.75, 3.05) is 6.54 Å². The van der Waals surface area contributed by atoms with Crippen LogP contribution in [0.1, 0.15) is 54.8 Å². The maximum absolute atomic E-state index is 15.2. The van der Waals surface area contributed by atoms with Gasteiger partial charge in [-0.25, -0.2) is 13.8 Å². The number of aliphatic carboxylic acids is 1. The number of nitrogens with one attached hydrogen (secondary N) is 2. The number of ether oxygens (including phenoxy) is 1. The number of aromatic amines is 2. The van der Waals surface area contributed by atoms with E-state index in [1.807, 2.05) is 18.2 Å². The van der Waals surface area contributed by atoms with Crippen LogP contribution < -0.4 is 10.5 Å². The molecule has 0 saturated carbocycles. The zero-order valence-corrected chi connectivity index (χ0v) is 22.5. The zero-order valence-electron chi connectivity index (χ0n) is 22.5. The number of rotatable bonds is 13. The summed E-state index contributed by atoms with van der Waals surface area (Å²) in [7, 11) is 0. The normalized spacial score (nSPS) is 12.1. The highest BCUT2D eigenvalue weighted by molar-refractivity contribution is 5.86. The van der Waals surface area contributed by atoms with E-state index in [9.17, 15) is 9.90 Å². The molecule has 0 spiro atoms. The first-order valence-electron chi connectivity index (χ1n) is 13.7. The number of nitrogens with two attached hydrogens (primary N) is 1. The third-order valence-corrected chi connectivity index (χ3v) is 7.24. The van der Waals surface area contributed by atoms with Gasteiger partial charge in [-0.2, -0.15) is 0 Å². The molecule has 7 nitrogen and oxygen atoms in total. The summed E-state index contributed by atoms with van der Waals surface area (Å²) < 4.78 is 36.2. The van der Waals surface area contributed by atoms with Gasteiger partial charge in [0.05, 0.1) is 5.56 Å². The van der Waals surface area contributed by atoms with Crippen LogP contribution in [0.4, 0.5) is 8.78 Å². The Morgan fingerprint density at radius 3 is 2.63 bits per heavy atom. The molecule has 3 aromatic carbocycles. The Bertz CT molecular complexity index is 1630. The molecule has 9 heteroatoms. The molecule has 41 heavy (non-hydrogen) atoms. The Hall–Kier alpha value is -4.50. The summed E-state index contributed by atoms with van der Waals surface area (Å²) in [5, 5.41) is 9.89. The third-order valence-electron chi connectivity index (χ3n) is 7.24. The number of nitrogens with zero attached hydrogens (tertiary/aromatic N) is 1. The molecule has 212 valence electrons. The van der Waals surface area contributed by atoms with Crippen LogP contribution in [0.3, 0.4) is 0 Å². The van der Waals surface area contributed by atoms with Gasteiger partial charge in [0.25, 0.3) is 0 Å². The standard InChI is InChI=1S/C32H32F2N4O3/c33-26-12-10-21(41-31-24(11-13-30(39)40)23-14-16-36-28(23)18-27(31)34)17-25(26)32-37-19-29(38-32)22(9-5-2-6-15-35)20-7-3-1-4-8-20/h1,3-4,7-8,10,12,14,16-19,22,36H,2,5-6,9,11,13,15,35H2,(H,37,38)(H,39,40). The molecule has 0 amide bonds. The summed E-state index contributed by atoms with van der Waals surface area (Å²) in [5.74, 6) is -1.66. The van der Waals surface area contributed by atoms with Crippen LogP contribution in [0, 0.1) is 11.6 Å². The monoisotopic (exact) mass is 558 g/mol. The van der Waals surface area contributed by atoms with Crippen molar-refractivity contribution in [2.24, 2.45) is 5.73 Å². The predicted molar refractivity (Wildman–Crippen MR) is 154 cm³/mol. The summed E-state index contributed by atoms with van der Waals surface area (Å²) in [6, 6.07) is 17.3. The highest BCUT2D eigenvalue weighted by Crippen LogP contribution is 2.37. The number of carboxylic acid groups (broad SMARTS) is 1. The molecule has 5 aromatic rings. The number of fused-ring (bicyclic) bond motifs is 1. The van der Waals surface area contributed by atoms with E-state index in [-0.39, 0.29) is 35.8 Å². The Balaban J connectivity index is 1.45. The lowest BCUT2D eigenvalue weighted by Gasteiger charge is -2.16. The number of carbonyl (C=O) groups is 1. The van der Waals surface area contributed by atoms with Crippen LogP contribution in [0.5, 0.6) is 11.5 Å². The minimum atomic E-state index is -1.00. The van der Waals surface area contributed by atoms with Crippen molar-refractivity contribution in [1.29, 1.82) is 0 Å². The van der Waals surface area contributed by atoms with E-state index >= 15 is 8.78 Å². The lowest BCUT2D eigenvalue weighted by atomic mass is 9.91. The molecular weight excluding hydrogens is 526 g/mol. The molecule has 2 heterocycles. The van der Waals surface area contributed by atoms with E-state index in [4.69, 9.17) is 10.5 Å². The fourth-order valence-electron chi connectivity index (χ4n) is 5.19. The average Bonchev–Trinajstić information content (AvgIpc) is 3.64. The van der Waals surface area contributed by atoms with E-state index in [1.165, 1.54) is 24.3 Å². The lowest BCUT2D eigenvalue weighted by Crippen LogP contribution is -2.03. The average molecular weight is 559 g/mol. The van der Waals surface area contributed by atoms with Gasteiger partial charge in [0.1, 0.15) is 17.4 Å². The molecule has 2 aromatic heterocycles. The molecule has 5 N–H and O–H groups in total. The molecule has 0 aliphatic rings. The van der Waals surface area contributed by atoms with E-state index < -0.39 is 17.6 Å². The first kappa shape index (κ1) is 28.0. The van der Waals surface area contributed by atoms with E-state index in [1.54, 1.807) is 18.5 Å². The van der Waals surface area contributed by atoms with Crippen LogP contribution in [0.2, 0.25) is 0 Å². The van der Waals surface area contributed by atoms with Crippen LogP contribution in [0.25, 0.3) is 22.3 Å². The van der Waals surface area contributed by atoms with Crippen molar-refractivity contribution in [3.63, 3.8) is 0 Å². The summed E-state index contributed by atoms with van der Waals surface area (Å²) in [6.45, 7) is 0.659. The second-order valence-electron chi connectivity index (χ2n) is 10.0. The van der Waals surface area contributed by atoms with Crippen molar-refractivity contribution in [1.82, 2.24) is 15.0 Å². The third kappa shape index (κ3) is 6.47. The van der Waals surface area contributed by atoms with Gasteiger partial charge in [-0.05, 0) is 55.6 Å². The highest BCUT2D eigenvalue weighted by Gasteiger charge is 2.21. The minimum absolute atomic E-state index is 0.0525. The number of benzene rings is 3. The lowest BCUT2D eigenvalue weighted by molar-refractivity contribution is -0.136. The Morgan fingerprint density at radius 2 is 1.85 bits per heavy atom. The molecule has 0 aliphatic carbocycles. The number of H-pyrrole nitrogens is 2. The Morgan fingerprint density at radius 1 is 1.02 bits per heavy atom. The van der Waals surface area contributed by atoms with Crippen molar-refractivity contribution in [2.45, 2.75) is 44.4 Å². The van der Waals surface area contributed by atoms with Gasteiger partial charge in [-0.15, -0.1) is 0 Å². The van der Waals surface area contributed by atoms with Gasteiger partial charge in [0, 0.05) is 53.0 Å². The van der Waals surface area contributed by atoms with Gasteiger partial charge in [0.15, 0.2) is 11.6 Å². The highest BCUT2D eigenvalue weighted by atomic mass is 19.1. The summed E-state index contributed by atoms with van der Waals surface area (Å²) in [5.41, 5.74) is 8.81. The number of unbranched alkanes of at least 4 members (excludes halogenated alkanes) is 2. The smallest absolute Gasteiger partial charge is 0.303 e. The second-order valence-corrected chi connectivity index (χ2v) is 10.0. The van der Waals surface area contributed by atoms with Gasteiger partial charge < -0.3 is 25.5 Å². The first-order valence-corrected chi connectivity index (χ1v) is 13.7. The Kier molecular flexibility index (Phi) is 8.74. The molecule has 5 rings (SSSR count). The number of hydrogen-bond donors (Lipinski definition) is 4. The minimum Gasteiger partial charge on any atom is -0.481 e. The zero-order chi connectivity index (χ0) is 28.8. The first-order chi connectivity index (χ1) is 19.9. The molecule has 0 fully saturated rings. The number of hydrogen-bond acceptors (Lipinski definition) is 4. The number of halogens is 2. The fraction of sp³-hybridized carbons (Fsp3) is 0.250. The van der Waals surface area contributed by atoms with Gasteiger partial charge in [-0.1, -0.05) is 43.2 Å². The molecular formula is C32H32F2N4O3. The van der Waals surface area contributed by atoms with Crippen molar-refractivity contribution in [3.8, 4) is 22.9 Å². The fourth-order valence-corrected chi connectivity index (χ4v) is 5.19. The molecule has 1 unspecified atom stereocenters. The largest absolute Gasteiger partial charge is 0.481 e. The van der Waals surface area contributed by atoms with Crippen LogP contribution in [-0.2, 0) is 11.2 Å². The predicted octanol–water partition coefficient (Wildman–Crippen LogP) is 7.30. The van der Waals surface area contributed by atoms with Crippen molar-refractivity contribution < 1.29 is 23.4 Å². The number of aromatic nitrogens is 3.